The molecule has 8 heteroatoms. The number of fused-ring (bicyclic) bond motifs is 1. The van der Waals surface area contributed by atoms with Crippen LogP contribution in [0.4, 0.5) is 6.01 Å². The number of hydrogen-bond donors (Lipinski definition) is 0. The molecular weight excluding hydrogens is 304 g/mol. The number of nitrogens with zero attached hydrogens (tertiary/aromatic N) is 4. The van der Waals surface area contributed by atoms with Gasteiger partial charge >= 0.3 is 0 Å². The molecule has 7 nitrogen and oxygen atoms in total. The number of oxazole rings is 1. The van der Waals surface area contributed by atoms with E-state index in [0.29, 0.717) is 36.9 Å². The molecule has 3 rings (SSSR count). The number of rotatable bonds is 3. The summed E-state index contributed by atoms with van der Waals surface area (Å²) in [5.74, 6) is 0.138. The molecule has 1 saturated heterocycles. The van der Waals surface area contributed by atoms with Crippen LogP contribution in [0.1, 0.15) is 19.0 Å². The number of aromatic nitrogens is 2. The molecule has 0 unspecified atom stereocenters. The molecule has 0 N–H and O–H groups in total. The van der Waals surface area contributed by atoms with Gasteiger partial charge in [-0.2, -0.15) is 4.98 Å². The van der Waals surface area contributed by atoms with Gasteiger partial charge in [-0.1, -0.05) is 0 Å². The van der Waals surface area contributed by atoms with E-state index >= 15 is 0 Å². The zero-order valence-corrected chi connectivity index (χ0v) is 13.6. The molecule has 0 spiro atoms. The maximum absolute atomic E-state index is 12.0. The predicted octanol–water partition coefficient (Wildman–Crippen LogP) is 1.39. The molecular formula is C14H20N4O3S. The van der Waals surface area contributed by atoms with Crippen molar-refractivity contribution in [3.8, 4) is 0 Å². The van der Waals surface area contributed by atoms with Gasteiger partial charge in [0.25, 0.3) is 6.01 Å². The van der Waals surface area contributed by atoms with Crippen LogP contribution in [-0.4, -0.2) is 54.6 Å². The van der Waals surface area contributed by atoms with Crippen LogP contribution in [0.3, 0.4) is 0 Å². The third kappa shape index (κ3) is 2.93. The largest absolute Gasteiger partial charge is 0.422 e. The minimum atomic E-state index is -3.14. The Balaban J connectivity index is 1.80. The highest BCUT2D eigenvalue weighted by Gasteiger charge is 2.25. The second-order valence-corrected chi connectivity index (χ2v) is 7.67. The molecule has 0 saturated carbocycles. The highest BCUT2D eigenvalue weighted by Crippen LogP contribution is 2.22. The lowest BCUT2D eigenvalue weighted by Crippen LogP contribution is -2.36. The van der Waals surface area contributed by atoms with Crippen molar-refractivity contribution < 1.29 is 12.8 Å². The molecule has 22 heavy (non-hydrogen) atoms. The Labute approximate surface area is 130 Å². The zero-order chi connectivity index (χ0) is 15.7. The number of sulfonamides is 1. The van der Waals surface area contributed by atoms with Gasteiger partial charge in [0.2, 0.25) is 15.7 Å². The number of pyridine rings is 1. The Morgan fingerprint density at radius 1 is 1.18 bits per heavy atom. The monoisotopic (exact) mass is 324 g/mol. The molecule has 0 radical (unpaired) electrons. The molecule has 0 amide bonds. The Morgan fingerprint density at radius 2 is 2.00 bits per heavy atom. The van der Waals surface area contributed by atoms with Gasteiger partial charge < -0.3 is 9.32 Å². The van der Waals surface area contributed by atoms with Crippen molar-refractivity contribution in [1.82, 2.24) is 14.3 Å². The lowest BCUT2D eigenvalue weighted by molar-refractivity contribution is 0.433. The molecule has 0 aromatic carbocycles. The van der Waals surface area contributed by atoms with E-state index in [2.05, 4.69) is 9.97 Å². The van der Waals surface area contributed by atoms with Crippen LogP contribution >= 0.6 is 0 Å². The molecule has 2 aromatic rings. The summed E-state index contributed by atoms with van der Waals surface area (Å²) in [6.45, 7) is 5.89. The SMILES string of the molecule is CCS(=O)(=O)N1CCCN(c2nc3nc(C)ccc3o2)CC1. The highest BCUT2D eigenvalue weighted by atomic mass is 32.2. The Morgan fingerprint density at radius 3 is 2.77 bits per heavy atom. The van der Waals surface area contributed by atoms with Gasteiger partial charge in [-0.05, 0) is 32.4 Å². The van der Waals surface area contributed by atoms with Crippen LogP contribution in [0.25, 0.3) is 11.2 Å². The molecule has 0 atom stereocenters. The summed E-state index contributed by atoms with van der Waals surface area (Å²) in [7, 11) is -3.14. The summed E-state index contributed by atoms with van der Waals surface area (Å²) in [5, 5.41) is 0. The van der Waals surface area contributed by atoms with E-state index in [4.69, 9.17) is 4.42 Å². The van der Waals surface area contributed by atoms with Gasteiger partial charge in [0.05, 0.1) is 5.75 Å². The van der Waals surface area contributed by atoms with Crippen molar-refractivity contribution in [2.45, 2.75) is 20.3 Å². The summed E-state index contributed by atoms with van der Waals surface area (Å²) in [5.41, 5.74) is 2.14. The topological polar surface area (TPSA) is 79.5 Å². The van der Waals surface area contributed by atoms with Gasteiger partial charge in [-0.25, -0.2) is 17.7 Å². The third-order valence-corrected chi connectivity index (χ3v) is 5.75. The fourth-order valence-electron chi connectivity index (χ4n) is 2.58. The van der Waals surface area contributed by atoms with Crippen LogP contribution in [0, 0.1) is 6.92 Å². The van der Waals surface area contributed by atoms with Crippen LogP contribution in [0.2, 0.25) is 0 Å². The molecule has 0 aliphatic carbocycles. The van der Waals surface area contributed by atoms with Crippen molar-refractivity contribution in [1.29, 1.82) is 0 Å². The van der Waals surface area contributed by atoms with E-state index in [1.807, 2.05) is 24.0 Å². The maximum atomic E-state index is 12.0. The smallest absolute Gasteiger partial charge is 0.299 e. The Kier molecular flexibility index (Phi) is 4.05. The summed E-state index contributed by atoms with van der Waals surface area (Å²) in [4.78, 5) is 10.8. The van der Waals surface area contributed by atoms with Crippen LogP contribution in [0.15, 0.2) is 16.5 Å². The molecule has 3 heterocycles. The summed E-state index contributed by atoms with van der Waals surface area (Å²) in [6, 6.07) is 4.26. The average Bonchev–Trinajstić information content (AvgIpc) is 2.74. The van der Waals surface area contributed by atoms with Crippen LogP contribution < -0.4 is 4.90 Å². The van der Waals surface area contributed by atoms with Gasteiger partial charge in [0, 0.05) is 31.9 Å². The van der Waals surface area contributed by atoms with Crippen molar-refractivity contribution >= 4 is 27.3 Å². The maximum Gasteiger partial charge on any atom is 0.299 e. The van der Waals surface area contributed by atoms with Crippen LogP contribution in [-0.2, 0) is 10.0 Å². The molecule has 0 bridgehead atoms. The number of hydrogen-bond acceptors (Lipinski definition) is 6. The summed E-state index contributed by atoms with van der Waals surface area (Å²) < 4.78 is 31.3. The molecule has 1 aliphatic rings. The minimum Gasteiger partial charge on any atom is -0.422 e. The van der Waals surface area contributed by atoms with Gasteiger partial charge in [-0.3, -0.25) is 0 Å². The minimum absolute atomic E-state index is 0.138. The number of anilines is 1. The van der Waals surface area contributed by atoms with E-state index in [0.717, 1.165) is 18.7 Å². The molecule has 2 aromatic heterocycles. The normalized spacial score (nSPS) is 17.8. The summed E-state index contributed by atoms with van der Waals surface area (Å²) >= 11 is 0. The van der Waals surface area contributed by atoms with Crippen molar-refractivity contribution in [3.63, 3.8) is 0 Å². The second-order valence-electron chi connectivity index (χ2n) is 5.41. The Hall–Kier alpha value is -1.67. The quantitative estimate of drug-likeness (QED) is 0.849. The van der Waals surface area contributed by atoms with Gasteiger partial charge in [0.15, 0.2) is 5.58 Å². The standard InChI is InChI=1S/C14H20N4O3S/c1-3-22(19,20)18-8-4-7-17(9-10-18)14-16-13-12(21-14)6-5-11(2)15-13/h5-6H,3-4,7-10H2,1-2H3. The average molecular weight is 324 g/mol. The first-order valence-electron chi connectivity index (χ1n) is 7.46. The van der Waals surface area contributed by atoms with Gasteiger partial charge in [-0.15, -0.1) is 0 Å². The van der Waals surface area contributed by atoms with E-state index in [-0.39, 0.29) is 5.75 Å². The van der Waals surface area contributed by atoms with Gasteiger partial charge in [0.1, 0.15) is 0 Å². The third-order valence-electron chi connectivity index (χ3n) is 3.86. The zero-order valence-electron chi connectivity index (χ0n) is 12.8. The first-order valence-corrected chi connectivity index (χ1v) is 9.07. The lowest BCUT2D eigenvalue weighted by atomic mass is 10.4. The molecule has 1 aliphatic heterocycles. The van der Waals surface area contributed by atoms with E-state index < -0.39 is 10.0 Å². The molecule has 120 valence electrons. The summed E-state index contributed by atoms with van der Waals surface area (Å²) in [6.07, 6.45) is 0.754. The van der Waals surface area contributed by atoms with E-state index in [1.165, 1.54) is 0 Å². The fourth-order valence-corrected chi connectivity index (χ4v) is 3.72. The molecule has 1 fully saturated rings. The highest BCUT2D eigenvalue weighted by molar-refractivity contribution is 7.89. The lowest BCUT2D eigenvalue weighted by Gasteiger charge is -2.19. The van der Waals surface area contributed by atoms with E-state index in [9.17, 15) is 8.42 Å². The first-order chi connectivity index (χ1) is 10.5. The van der Waals surface area contributed by atoms with Crippen LogP contribution in [0.5, 0.6) is 0 Å². The van der Waals surface area contributed by atoms with Crippen molar-refractivity contribution in [3.05, 3.63) is 17.8 Å². The van der Waals surface area contributed by atoms with Crippen molar-refractivity contribution in [2.75, 3.05) is 36.8 Å². The number of aryl methyl sites for hydroxylation is 1. The second kappa shape index (κ2) is 5.85. The van der Waals surface area contributed by atoms with Crippen molar-refractivity contribution in [2.24, 2.45) is 0 Å². The predicted molar refractivity (Wildman–Crippen MR) is 84.4 cm³/mol. The van der Waals surface area contributed by atoms with E-state index in [1.54, 1.807) is 11.2 Å². The first kappa shape index (κ1) is 15.2. The Bertz CT molecular complexity index is 771. The fraction of sp³-hybridized carbons (Fsp3) is 0.571.